The van der Waals surface area contributed by atoms with E-state index in [1.807, 2.05) is 0 Å². The first kappa shape index (κ1) is 4.89. The topological polar surface area (TPSA) is 0 Å². The second kappa shape index (κ2) is 1.12. The lowest BCUT2D eigenvalue weighted by atomic mass is 10.0. The van der Waals surface area contributed by atoms with E-state index in [4.69, 9.17) is 0 Å². The van der Waals surface area contributed by atoms with Crippen LogP contribution in [0, 0.1) is 5.41 Å². The quantitative estimate of drug-likeness (QED) is 0.439. The van der Waals surface area contributed by atoms with Gasteiger partial charge >= 0.3 is 0 Å². The molecule has 1 rings (SSSR count). The Hall–Kier alpha value is -0.260. The fraction of sp³-hybridized carbons (Fsp3) is 0.714. The zero-order valence-electron chi connectivity index (χ0n) is 5.12. The van der Waals surface area contributed by atoms with E-state index in [9.17, 15) is 0 Å². The Bertz CT molecular complexity index is 96.6. The van der Waals surface area contributed by atoms with Crippen LogP contribution in [0.15, 0.2) is 12.2 Å². The van der Waals surface area contributed by atoms with Gasteiger partial charge in [0.2, 0.25) is 0 Å². The predicted octanol–water partition coefficient (Wildman–Crippen LogP) is 2.36. The van der Waals surface area contributed by atoms with Crippen LogP contribution in [-0.2, 0) is 0 Å². The van der Waals surface area contributed by atoms with E-state index in [1.54, 1.807) is 0 Å². The van der Waals surface area contributed by atoms with Gasteiger partial charge < -0.3 is 0 Å². The third kappa shape index (κ3) is 0.696. The highest BCUT2D eigenvalue weighted by molar-refractivity contribution is 5.13. The lowest BCUT2D eigenvalue weighted by Gasteiger charge is -2.03. The van der Waals surface area contributed by atoms with Crippen LogP contribution in [0.3, 0.4) is 0 Å². The maximum Gasteiger partial charge on any atom is -0.0121 e. The van der Waals surface area contributed by atoms with E-state index in [0.29, 0.717) is 5.41 Å². The van der Waals surface area contributed by atoms with Crippen molar-refractivity contribution in [1.82, 2.24) is 0 Å². The van der Waals surface area contributed by atoms with Crippen molar-refractivity contribution in [3.05, 3.63) is 12.2 Å². The number of rotatable bonds is 1. The molecule has 0 N–H and O–H groups in total. The molecule has 0 unspecified atom stereocenters. The molecule has 1 saturated carbocycles. The first-order valence-electron chi connectivity index (χ1n) is 2.81. The van der Waals surface area contributed by atoms with Crippen molar-refractivity contribution in [3.8, 4) is 0 Å². The van der Waals surface area contributed by atoms with E-state index < -0.39 is 0 Å². The largest absolute Gasteiger partial charge is 0.0996 e. The zero-order chi connectivity index (χ0) is 5.49. The van der Waals surface area contributed by atoms with Gasteiger partial charge in [0.15, 0.2) is 0 Å². The molecule has 0 aromatic heterocycles. The average Bonchev–Trinajstić information content (AvgIpc) is 2.21. The summed E-state index contributed by atoms with van der Waals surface area (Å²) >= 11 is 0. The zero-order valence-corrected chi connectivity index (χ0v) is 5.12. The molecular weight excluding hydrogens is 84.1 g/mol. The van der Waals surface area contributed by atoms with Gasteiger partial charge in [0.25, 0.3) is 0 Å². The molecule has 0 nitrogen and oxygen atoms in total. The van der Waals surface area contributed by atoms with Crippen LogP contribution in [0.2, 0.25) is 0 Å². The maximum atomic E-state index is 3.89. The van der Waals surface area contributed by atoms with Gasteiger partial charge in [-0.05, 0) is 25.2 Å². The number of hydrogen-bond donors (Lipinski definition) is 0. The molecule has 0 aliphatic heterocycles. The maximum absolute atomic E-state index is 3.89. The fourth-order valence-electron chi connectivity index (χ4n) is 0.614. The molecule has 0 amide bonds. The molecule has 0 atom stereocenters. The standard InChI is InChI=1S/C7H12/c1-6(2)7(3)4-5-7/h1,4-5H2,2-3H3. The molecule has 1 fully saturated rings. The molecule has 0 spiro atoms. The first-order valence-corrected chi connectivity index (χ1v) is 2.81. The average molecular weight is 96.2 g/mol. The minimum Gasteiger partial charge on any atom is -0.0996 e. The number of allylic oxidation sites excluding steroid dienone is 1. The molecular formula is C7H12. The molecule has 0 bridgehead atoms. The minimum atomic E-state index is 0.556. The van der Waals surface area contributed by atoms with Gasteiger partial charge in [0.05, 0.1) is 0 Å². The van der Waals surface area contributed by atoms with Crippen molar-refractivity contribution in [1.29, 1.82) is 0 Å². The Morgan fingerprint density at radius 2 is 2.00 bits per heavy atom. The Morgan fingerprint density at radius 3 is 2.00 bits per heavy atom. The van der Waals surface area contributed by atoms with Crippen LogP contribution in [0.4, 0.5) is 0 Å². The molecule has 0 radical (unpaired) electrons. The van der Waals surface area contributed by atoms with E-state index in [2.05, 4.69) is 20.4 Å². The van der Waals surface area contributed by atoms with Gasteiger partial charge in [-0.1, -0.05) is 19.1 Å². The van der Waals surface area contributed by atoms with Gasteiger partial charge in [-0.2, -0.15) is 0 Å². The summed E-state index contributed by atoms with van der Waals surface area (Å²) in [5.74, 6) is 0. The lowest BCUT2D eigenvalue weighted by Crippen LogP contribution is -1.90. The van der Waals surface area contributed by atoms with Crippen molar-refractivity contribution in [2.45, 2.75) is 26.7 Å². The number of hydrogen-bond acceptors (Lipinski definition) is 0. The summed E-state index contributed by atoms with van der Waals surface area (Å²) < 4.78 is 0. The van der Waals surface area contributed by atoms with Crippen LogP contribution in [-0.4, -0.2) is 0 Å². The van der Waals surface area contributed by atoms with Crippen LogP contribution in [0.25, 0.3) is 0 Å². The molecule has 0 aromatic rings. The third-order valence-electron chi connectivity index (χ3n) is 2.03. The summed E-state index contributed by atoms with van der Waals surface area (Å²) in [5, 5.41) is 0. The Balaban J connectivity index is 2.55. The lowest BCUT2D eigenvalue weighted by molar-refractivity contribution is 0.693. The normalized spacial score (nSPS) is 24.3. The van der Waals surface area contributed by atoms with Gasteiger partial charge in [0.1, 0.15) is 0 Å². The smallest absolute Gasteiger partial charge is 0.0121 e. The van der Waals surface area contributed by atoms with E-state index >= 15 is 0 Å². The molecule has 1 aliphatic carbocycles. The highest BCUT2D eigenvalue weighted by Crippen LogP contribution is 2.50. The SMILES string of the molecule is C=C(C)C1(C)CC1. The third-order valence-corrected chi connectivity index (χ3v) is 2.03. The molecule has 0 aromatic carbocycles. The van der Waals surface area contributed by atoms with Crippen molar-refractivity contribution in [2.24, 2.45) is 5.41 Å². The summed E-state index contributed by atoms with van der Waals surface area (Å²) in [6.07, 6.45) is 2.73. The predicted molar refractivity (Wildman–Crippen MR) is 32.2 cm³/mol. The molecule has 0 heteroatoms. The van der Waals surface area contributed by atoms with Crippen molar-refractivity contribution in [2.75, 3.05) is 0 Å². The van der Waals surface area contributed by atoms with Gasteiger partial charge in [-0.3, -0.25) is 0 Å². The van der Waals surface area contributed by atoms with Crippen LogP contribution in [0.1, 0.15) is 26.7 Å². The Kier molecular flexibility index (Phi) is 0.781. The first-order chi connectivity index (χ1) is 3.15. The monoisotopic (exact) mass is 96.1 g/mol. The summed E-state index contributed by atoms with van der Waals surface area (Å²) in [6.45, 7) is 8.28. The van der Waals surface area contributed by atoms with Gasteiger partial charge in [-0.25, -0.2) is 0 Å². The molecule has 1 aliphatic rings. The fourth-order valence-corrected chi connectivity index (χ4v) is 0.614. The Morgan fingerprint density at radius 1 is 1.57 bits per heavy atom. The van der Waals surface area contributed by atoms with Crippen LogP contribution >= 0.6 is 0 Å². The van der Waals surface area contributed by atoms with Crippen molar-refractivity contribution < 1.29 is 0 Å². The highest BCUT2D eigenvalue weighted by atomic mass is 14.4. The van der Waals surface area contributed by atoms with Crippen molar-refractivity contribution >= 4 is 0 Å². The van der Waals surface area contributed by atoms with Gasteiger partial charge in [-0.15, -0.1) is 0 Å². The minimum absolute atomic E-state index is 0.556. The second-order valence-electron chi connectivity index (χ2n) is 2.84. The van der Waals surface area contributed by atoms with Crippen LogP contribution in [0.5, 0.6) is 0 Å². The summed E-state index contributed by atoms with van der Waals surface area (Å²) in [5.41, 5.74) is 1.91. The highest BCUT2D eigenvalue weighted by Gasteiger charge is 2.37. The molecule has 40 valence electrons. The molecule has 7 heavy (non-hydrogen) atoms. The van der Waals surface area contributed by atoms with Crippen molar-refractivity contribution in [3.63, 3.8) is 0 Å². The van der Waals surface area contributed by atoms with E-state index in [1.165, 1.54) is 18.4 Å². The van der Waals surface area contributed by atoms with E-state index in [0.717, 1.165) is 0 Å². The van der Waals surface area contributed by atoms with E-state index in [-0.39, 0.29) is 0 Å². The van der Waals surface area contributed by atoms with Gasteiger partial charge in [0, 0.05) is 0 Å². The second-order valence-corrected chi connectivity index (χ2v) is 2.84. The Labute approximate surface area is 45.2 Å². The summed E-state index contributed by atoms with van der Waals surface area (Å²) in [4.78, 5) is 0. The molecule has 0 heterocycles. The summed E-state index contributed by atoms with van der Waals surface area (Å²) in [7, 11) is 0. The summed E-state index contributed by atoms with van der Waals surface area (Å²) in [6, 6.07) is 0. The molecule has 0 saturated heterocycles. The van der Waals surface area contributed by atoms with Crippen LogP contribution < -0.4 is 0 Å².